The SMILES string of the molecule is CS(=O)Cc1cccc(C(=O)NC(C)(C)CCC(=O)O)c1. The second-order valence-corrected chi connectivity index (χ2v) is 7.08. The van der Waals surface area contributed by atoms with E-state index in [1.165, 1.54) is 0 Å². The average molecular weight is 311 g/mol. The number of carboxylic acid groups (broad SMARTS) is 1. The number of rotatable bonds is 7. The van der Waals surface area contributed by atoms with Crippen molar-refractivity contribution in [1.82, 2.24) is 5.32 Å². The molecule has 0 aliphatic carbocycles. The zero-order valence-corrected chi connectivity index (χ0v) is 13.3. The van der Waals surface area contributed by atoms with E-state index in [1.807, 2.05) is 6.07 Å². The van der Waals surface area contributed by atoms with Crippen molar-refractivity contribution in [3.8, 4) is 0 Å². The number of benzene rings is 1. The molecule has 1 amide bonds. The quantitative estimate of drug-likeness (QED) is 0.806. The number of carbonyl (C=O) groups is 2. The van der Waals surface area contributed by atoms with Gasteiger partial charge in [-0.1, -0.05) is 12.1 Å². The molecule has 1 aromatic rings. The van der Waals surface area contributed by atoms with E-state index in [1.54, 1.807) is 38.3 Å². The smallest absolute Gasteiger partial charge is 0.303 e. The highest BCUT2D eigenvalue weighted by atomic mass is 32.2. The van der Waals surface area contributed by atoms with Gasteiger partial charge in [-0.25, -0.2) is 0 Å². The molecule has 0 saturated carbocycles. The molecule has 2 N–H and O–H groups in total. The van der Waals surface area contributed by atoms with Crippen LogP contribution in [-0.2, 0) is 21.3 Å². The molecule has 0 aliphatic rings. The lowest BCUT2D eigenvalue weighted by Crippen LogP contribution is -2.43. The Morgan fingerprint density at radius 2 is 2.00 bits per heavy atom. The van der Waals surface area contributed by atoms with E-state index in [9.17, 15) is 13.8 Å². The highest BCUT2D eigenvalue weighted by Crippen LogP contribution is 2.14. The molecule has 0 aliphatic heterocycles. The molecule has 1 atom stereocenters. The molecule has 0 bridgehead atoms. The van der Waals surface area contributed by atoms with Crippen LogP contribution in [0.5, 0.6) is 0 Å². The molecule has 0 fully saturated rings. The summed E-state index contributed by atoms with van der Waals surface area (Å²) in [7, 11) is -0.962. The third kappa shape index (κ3) is 6.53. The second kappa shape index (κ2) is 7.36. The fourth-order valence-electron chi connectivity index (χ4n) is 1.90. The third-order valence-corrected chi connectivity index (χ3v) is 3.71. The minimum Gasteiger partial charge on any atom is -0.481 e. The van der Waals surface area contributed by atoms with E-state index in [-0.39, 0.29) is 12.3 Å². The van der Waals surface area contributed by atoms with Crippen LogP contribution in [0.3, 0.4) is 0 Å². The summed E-state index contributed by atoms with van der Waals surface area (Å²) in [5.41, 5.74) is 0.729. The van der Waals surface area contributed by atoms with Gasteiger partial charge in [-0.15, -0.1) is 0 Å². The van der Waals surface area contributed by atoms with Gasteiger partial charge in [-0.3, -0.25) is 13.8 Å². The van der Waals surface area contributed by atoms with Gasteiger partial charge in [0.25, 0.3) is 5.91 Å². The van der Waals surface area contributed by atoms with Crippen LogP contribution in [0.1, 0.15) is 42.6 Å². The molecule has 6 heteroatoms. The van der Waals surface area contributed by atoms with Gasteiger partial charge in [0.15, 0.2) is 0 Å². The Morgan fingerprint density at radius 3 is 2.57 bits per heavy atom. The molecule has 0 radical (unpaired) electrons. The van der Waals surface area contributed by atoms with Crippen LogP contribution in [-0.4, -0.2) is 33.0 Å². The fraction of sp³-hybridized carbons (Fsp3) is 0.467. The maximum atomic E-state index is 12.2. The summed E-state index contributed by atoms with van der Waals surface area (Å²) in [6.07, 6.45) is 1.97. The Morgan fingerprint density at radius 1 is 1.33 bits per heavy atom. The Bertz CT molecular complexity index is 554. The molecule has 21 heavy (non-hydrogen) atoms. The van der Waals surface area contributed by atoms with E-state index < -0.39 is 22.3 Å². The van der Waals surface area contributed by atoms with E-state index in [2.05, 4.69) is 5.32 Å². The van der Waals surface area contributed by atoms with Crippen LogP contribution in [0.2, 0.25) is 0 Å². The first-order valence-corrected chi connectivity index (χ1v) is 8.35. The van der Waals surface area contributed by atoms with Crippen molar-refractivity contribution in [2.24, 2.45) is 0 Å². The van der Waals surface area contributed by atoms with Crippen LogP contribution < -0.4 is 5.32 Å². The van der Waals surface area contributed by atoms with Crippen molar-refractivity contribution < 1.29 is 18.9 Å². The van der Waals surface area contributed by atoms with Gasteiger partial charge in [-0.2, -0.15) is 0 Å². The maximum absolute atomic E-state index is 12.2. The number of hydrogen-bond donors (Lipinski definition) is 2. The van der Waals surface area contributed by atoms with Gasteiger partial charge in [0.05, 0.1) is 0 Å². The summed E-state index contributed by atoms with van der Waals surface area (Å²) in [4.78, 5) is 22.8. The van der Waals surface area contributed by atoms with Crippen molar-refractivity contribution in [1.29, 1.82) is 0 Å². The maximum Gasteiger partial charge on any atom is 0.303 e. The van der Waals surface area contributed by atoms with Gasteiger partial charge in [0, 0.05) is 40.3 Å². The normalized spacial score (nSPS) is 12.7. The molecular weight excluding hydrogens is 290 g/mol. The second-order valence-electron chi connectivity index (χ2n) is 5.65. The summed E-state index contributed by atoms with van der Waals surface area (Å²) < 4.78 is 11.2. The lowest BCUT2D eigenvalue weighted by atomic mass is 9.97. The first-order chi connectivity index (χ1) is 9.69. The zero-order chi connectivity index (χ0) is 16.0. The highest BCUT2D eigenvalue weighted by Gasteiger charge is 2.22. The summed E-state index contributed by atoms with van der Waals surface area (Å²) in [5.74, 6) is -0.734. The Kier molecular flexibility index (Phi) is 6.08. The Labute approximate surface area is 127 Å². The number of aliphatic carboxylic acids is 1. The van der Waals surface area contributed by atoms with Gasteiger partial charge in [-0.05, 0) is 38.0 Å². The number of carboxylic acids is 1. The predicted molar refractivity (Wildman–Crippen MR) is 82.6 cm³/mol. The molecule has 1 rings (SSSR count). The van der Waals surface area contributed by atoms with Crippen LogP contribution in [0.15, 0.2) is 24.3 Å². The van der Waals surface area contributed by atoms with E-state index in [4.69, 9.17) is 5.11 Å². The molecule has 5 nitrogen and oxygen atoms in total. The number of nitrogens with one attached hydrogen (secondary N) is 1. The number of amides is 1. The van der Waals surface area contributed by atoms with Crippen LogP contribution in [0.25, 0.3) is 0 Å². The van der Waals surface area contributed by atoms with Crippen molar-refractivity contribution in [3.05, 3.63) is 35.4 Å². The first kappa shape index (κ1) is 17.4. The van der Waals surface area contributed by atoms with E-state index >= 15 is 0 Å². The fourth-order valence-corrected chi connectivity index (χ4v) is 2.55. The molecule has 0 saturated heterocycles. The van der Waals surface area contributed by atoms with E-state index in [0.29, 0.717) is 17.7 Å². The van der Waals surface area contributed by atoms with E-state index in [0.717, 1.165) is 5.56 Å². The summed E-state index contributed by atoms with van der Waals surface area (Å²) in [5, 5.41) is 11.5. The molecular formula is C15H21NO4S. The Balaban J connectivity index is 2.74. The summed E-state index contributed by atoms with van der Waals surface area (Å²) in [6, 6.07) is 6.98. The van der Waals surface area contributed by atoms with Crippen molar-refractivity contribution >= 4 is 22.7 Å². The topological polar surface area (TPSA) is 83.5 Å². The molecule has 0 heterocycles. The van der Waals surface area contributed by atoms with Crippen molar-refractivity contribution in [2.45, 2.75) is 38.0 Å². The van der Waals surface area contributed by atoms with Crippen molar-refractivity contribution in [2.75, 3.05) is 6.26 Å². The van der Waals surface area contributed by atoms with Crippen molar-refractivity contribution in [3.63, 3.8) is 0 Å². The minimum absolute atomic E-state index is 0.00212. The molecule has 116 valence electrons. The van der Waals surface area contributed by atoms with Gasteiger partial charge < -0.3 is 10.4 Å². The van der Waals surface area contributed by atoms with Crippen LogP contribution >= 0.6 is 0 Å². The summed E-state index contributed by atoms with van der Waals surface area (Å²) >= 11 is 0. The third-order valence-electron chi connectivity index (χ3n) is 2.97. The highest BCUT2D eigenvalue weighted by molar-refractivity contribution is 7.83. The molecule has 0 aromatic heterocycles. The van der Waals surface area contributed by atoms with Gasteiger partial charge in [0.1, 0.15) is 0 Å². The lowest BCUT2D eigenvalue weighted by molar-refractivity contribution is -0.137. The standard InChI is InChI=1S/C15H21NO4S/c1-15(2,8-7-13(17)18)16-14(19)12-6-4-5-11(9-12)10-21(3)20/h4-6,9H,7-8,10H2,1-3H3,(H,16,19)(H,17,18). The van der Waals surface area contributed by atoms with Gasteiger partial charge in [0.2, 0.25) is 0 Å². The first-order valence-electron chi connectivity index (χ1n) is 6.63. The monoisotopic (exact) mass is 311 g/mol. The predicted octanol–water partition coefficient (Wildman–Crippen LogP) is 1.94. The molecule has 1 unspecified atom stereocenters. The molecule has 0 spiro atoms. The number of carbonyl (C=O) groups excluding carboxylic acids is 1. The zero-order valence-electron chi connectivity index (χ0n) is 12.5. The van der Waals surface area contributed by atoms with Gasteiger partial charge >= 0.3 is 5.97 Å². The van der Waals surface area contributed by atoms with Crippen LogP contribution in [0, 0.1) is 0 Å². The summed E-state index contributed by atoms with van der Waals surface area (Å²) in [6.45, 7) is 3.58. The molecule has 1 aromatic carbocycles. The number of hydrogen-bond acceptors (Lipinski definition) is 3. The average Bonchev–Trinajstić information content (AvgIpc) is 2.35. The minimum atomic E-state index is -0.962. The Hall–Kier alpha value is -1.69. The lowest BCUT2D eigenvalue weighted by Gasteiger charge is -2.25. The largest absolute Gasteiger partial charge is 0.481 e. The van der Waals surface area contributed by atoms with Crippen LogP contribution in [0.4, 0.5) is 0 Å².